The van der Waals surface area contributed by atoms with Crippen LogP contribution in [0, 0.1) is 13.8 Å². The van der Waals surface area contributed by atoms with Crippen LogP contribution >= 0.6 is 0 Å². The first-order chi connectivity index (χ1) is 36.7. The molecular formula is C55H76N7O14+. The summed E-state index contributed by atoms with van der Waals surface area (Å²) in [5, 5.41) is 23.0. The third kappa shape index (κ3) is 16.4. The highest BCUT2D eigenvalue weighted by molar-refractivity contribution is 6.09. The zero-order valence-electron chi connectivity index (χ0n) is 44.9. The molecule has 0 bridgehead atoms. The van der Waals surface area contributed by atoms with Crippen molar-refractivity contribution in [3.8, 4) is 22.5 Å². The highest BCUT2D eigenvalue weighted by Gasteiger charge is 2.42. The molecule has 4 amide bonds. The summed E-state index contributed by atoms with van der Waals surface area (Å²) in [6.07, 6.45) is 1.18. The molecule has 1 saturated heterocycles. The van der Waals surface area contributed by atoms with Gasteiger partial charge in [-0.2, -0.15) is 0 Å². The molecule has 414 valence electrons. The topological polar surface area (TPSA) is 252 Å². The lowest BCUT2D eigenvalue weighted by Crippen LogP contribution is -2.76. The van der Waals surface area contributed by atoms with E-state index in [0.29, 0.717) is 88.9 Å². The van der Waals surface area contributed by atoms with Crippen LogP contribution in [-0.4, -0.2) is 169 Å². The van der Waals surface area contributed by atoms with Crippen LogP contribution in [-0.2, 0) is 42.7 Å². The molecule has 4 unspecified atom stereocenters. The lowest BCUT2D eigenvalue weighted by Gasteiger charge is -2.34. The Balaban J connectivity index is 0.818. The second kappa shape index (κ2) is 29.6. The minimum absolute atomic E-state index is 0.0118. The van der Waals surface area contributed by atoms with Crippen LogP contribution in [0.4, 0.5) is 15.3 Å². The van der Waals surface area contributed by atoms with Gasteiger partial charge in [0.15, 0.2) is 0 Å². The molecule has 1 aliphatic carbocycles. The highest BCUT2D eigenvalue weighted by atomic mass is 16.6. The normalized spacial score (nSPS) is 17.7. The number of nitrogens with one attached hydrogen (secondary N) is 5. The fourth-order valence-electron chi connectivity index (χ4n) is 8.97. The van der Waals surface area contributed by atoms with Gasteiger partial charge in [-0.05, 0) is 95.3 Å². The highest BCUT2D eigenvalue weighted by Crippen LogP contribution is 2.43. The van der Waals surface area contributed by atoms with E-state index < -0.39 is 49.7 Å². The summed E-state index contributed by atoms with van der Waals surface area (Å²) in [5.74, 6) is -1.38. The van der Waals surface area contributed by atoms with E-state index in [4.69, 9.17) is 42.7 Å². The van der Waals surface area contributed by atoms with Crippen molar-refractivity contribution >= 4 is 46.6 Å². The van der Waals surface area contributed by atoms with Gasteiger partial charge < -0.3 is 63.5 Å². The van der Waals surface area contributed by atoms with Crippen LogP contribution in [0.2, 0.25) is 0 Å². The van der Waals surface area contributed by atoms with Crippen molar-refractivity contribution in [2.24, 2.45) is 0 Å². The molecule has 1 fully saturated rings. The van der Waals surface area contributed by atoms with E-state index in [1.165, 1.54) is 4.90 Å². The Hall–Kier alpha value is -6.62. The minimum Gasteiger partial charge on any atom is -0.480 e. The largest absolute Gasteiger partial charge is 0.480 e. The third-order valence-corrected chi connectivity index (χ3v) is 12.8. The number of urea groups is 1. The van der Waals surface area contributed by atoms with Gasteiger partial charge in [0.25, 0.3) is 5.91 Å². The predicted molar refractivity (Wildman–Crippen MR) is 282 cm³/mol. The van der Waals surface area contributed by atoms with E-state index in [0.717, 1.165) is 62.9 Å². The number of amides is 4. The van der Waals surface area contributed by atoms with E-state index in [9.17, 15) is 24.0 Å². The van der Waals surface area contributed by atoms with Gasteiger partial charge >= 0.3 is 24.1 Å². The Kier molecular flexibility index (Phi) is 22.9. The maximum absolute atomic E-state index is 14.1. The van der Waals surface area contributed by atoms with Gasteiger partial charge in [-0.3, -0.25) is 15.0 Å². The van der Waals surface area contributed by atoms with Gasteiger partial charge in [-0.15, -0.1) is 0 Å². The molecular weight excluding hydrogens is 983 g/mol. The minimum atomic E-state index is -1.19. The van der Waals surface area contributed by atoms with Crippen LogP contribution < -0.4 is 31.6 Å². The van der Waals surface area contributed by atoms with Crippen LogP contribution in [0.5, 0.6) is 0 Å². The van der Waals surface area contributed by atoms with Gasteiger partial charge in [-0.25, -0.2) is 24.2 Å². The predicted octanol–water partition coefficient (Wildman–Crippen LogP) is 4.27. The smallest absolute Gasteiger partial charge is 0.407 e. The summed E-state index contributed by atoms with van der Waals surface area (Å²) in [6, 6.07) is 15.5. The van der Waals surface area contributed by atoms with E-state index in [-0.39, 0.29) is 37.7 Å². The van der Waals surface area contributed by atoms with Gasteiger partial charge in [0.1, 0.15) is 56.2 Å². The Morgan fingerprint density at radius 1 is 0.868 bits per heavy atom. The van der Waals surface area contributed by atoms with Crippen molar-refractivity contribution in [3.05, 3.63) is 82.4 Å². The van der Waals surface area contributed by atoms with Gasteiger partial charge in [0.05, 0.1) is 45.1 Å². The van der Waals surface area contributed by atoms with Crippen molar-refractivity contribution in [1.29, 1.82) is 0 Å². The van der Waals surface area contributed by atoms with Crippen LogP contribution in [0.25, 0.3) is 33.4 Å². The molecule has 3 heterocycles. The number of ether oxygens (including phenoxy) is 7. The molecule has 0 spiro atoms. The molecule has 6 N–H and O–H groups in total. The summed E-state index contributed by atoms with van der Waals surface area (Å²) in [7, 11) is 1.70. The van der Waals surface area contributed by atoms with Crippen LogP contribution in [0.15, 0.2) is 64.7 Å². The molecule has 3 aliphatic heterocycles. The fourth-order valence-corrected chi connectivity index (χ4v) is 8.97. The number of nitrogens with zero attached hydrogens (tertiary/aromatic N) is 2. The van der Waals surface area contributed by atoms with E-state index in [1.807, 2.05) is 50.2 Å². The number of aliphatic carboxylic acids is 1. The zero-order valence-corrected chi connectivity index (χ0v) is 44.9. The third-order valence-electron chi connectivity index (χ3n) is 12.8. The molecule has 76 heavy (non-hydrogen) atoms. The van der Waals surface area contributed by atoms with Crippen molar-refractivity contribution in [2.45, 2.75) is 91.8 Å². The number of fused-ring (bicyclic) bond motifs is 2. The molecule has 0 radical (unpaired) electrons. The summed E-state index contributed by atoms with van der Waals surface area (Å²) in [4.78, 5) is 69.0. The molecule has 21 heteroatoms. The lowest BCUT2D eigenvalue weighted by atomic mass is 9.89. The summed E-state index contributed by atoms with van der Waals surface area (Å²) in [6.45, 7) is 16.1. The number of aryl methyl sites for hydroxylation is 2. The van der Waals surface area contributed by atoms with Crippen molar-refractivity contribution in [2.75, 3.05) is 105 Å². The number of benzene rings is 3. The maximum Gasteiger partial charge on any atom is 0.407 e. The molecule has 0 saturated carbocycles. The van der Waals surface area contributed by atoms with E-state index >= 15 is 0 Å². The number of carboxylic acid groups (broad SMARTS) is 1. The number of carbonyl (C=O) groups is 5. The summed E-state index contributed by atoms with van der Waals surface area (Å²) in [5.41, 5.74) is 7.79. The molecule has 4 atom stereocenters. The van der Waals surface area contributed by atoms with Gasteiger partial charge in [0.2, 0.25) is 5.36 Å². The number of carbonyl (C=O) groups excluding carboxylic acids is 4. The quantitative estimate of drug-likeness (QED) is 0.0242. The average molecular weight is 1060 g/mol. The first kappa shape index (κ1) is 58.6. The fraction of sp³-hybridized carbons (Fsp3) is 0.527. The number of likely N-dealkylation sites (N-methyl/N-ethyl adjacent to an activating group) is 1. The number of rotatable bonds is 30. The summed E-state index contributed by atoms with van der Waals surface area (Å²) >= 11 is 0. The second-order valence-corrected chi connectivity index (χ2v) is 18.5. The number of hydrogen-bond acceptors (Lipinski definition) is 15. The monoisotopic (exact) mass is 1060 g/mol. The van der Waals surface area contributed by atoms with E-state index in [2.05, 4.69) is 66.1 Å². The maximum atomic E-state index is 14.1. The Bertz CT molecular complexity index is 2680. The Morgan fingerprint density at radius 2 is 1.59 bits per heavy atom. The van der Waals surface area contributed by atoms with Crippen molar-refractivity contribution in [1.82, 2.24) is 25.8 Å². The number of anilines is 1. The zero-order chi connectivity index (χ0) is 54.6. The van der Waals surface area contributed by atoms with E-state index in [1.54, 1.807) is 18.1 Å². The SMILES string of the molecule is CCNc1cc2oc3cc(=[NH+]CC)c(C)cc-3c(-c3ccccc3C(=O)N(C)CCOC(=O)NCCCOCCOCCOCCCNC3NC(=O)N(C4CC(OC(=O)COCC(=O)O)C(CC)O4)C=C3C)c2cc1C. The van der Waals surface area contributed by atoms with Crippen LogP contribution in [0.3, 0.4) is 0 Å². The number of esters is 1. The Labute approximate surface area is 443 Å². The van der Waals surface area contributed by atoms with Crippen LogP contribution in [0.1, 0.15) is 74.9 Å². The number of hydrogen-bond donors (Lipinski definition) is 6. The number of alkyl carbamates (subject to hydrolysis) is 1. The molecule has 21 nitrogen and oxygen atoms in total. The molecule has 2 aromatic rings. The average Bonchev–Trinajstić information content (AvgIpc) is 3.81. The number of carboxylic acids is 1. The first-order valence-electron chi connectivity index (χ1n) is 26.2. The molecule has 4 aliphatic rings. The molecule has 2 aromatic carbocycles. The standard InChI is InChI=1S/C55H75N7O14/c1-8-44-47(76-50(65)34-72-33-49(63)64)31-48(75-44)62-32-37(6)52(60-54(62)67)58-17-13-20-69-23-25-71-26-24-70-21-14-18-59-55(68)73-22-19-61(7)53(66)39-16-12-11-15-38(39)51-40-27-35(4)42(56-9-2)29-45(40)74-46-30-43(57-10-3)36(5)28-41(46)51/h11-12,15-16,27-30,32,44,47-48,52,56,58H,8-10,13-14,17-26,31,33-34H2,1-7H3,(H,59,68)(H,60,67)(H,63,64)/p+1. The Morgan fingerprint density at radius 3 is 2.30 bits per heavy atom. The van der Waals surface area contributed by atoms with Gasteiger partial charge in [0, 0.05) is 85.4 Å². The molecule has 0 aromatic heterocycles. The first-order valence-corrected chi connectivity index (χ1v) is 26.2. The van der Waals surface area contributed by atoms with Crippen molar-refractivity contribution < 1.29 is 71.6 Å². The summed E-state index contributed by atoms with van der Waals surface area (Å²) < 4.78 is 45.3. The van der Waals surface area contributed by atoms with Crippen molar-refractivity contribution in [3.63, 3.8) is 0 Å². The lowest BCUT2D eigenvalue weighted by molar-refractivity contribution is -0.496. The molecule has 6 rings (SSSR count). The van der Waals surface area contributed by atoms with Gasteiger partial charge in [-0.1, -0.05) is 25.1 Å². The second-order valence-electron chi connectivity index (χ2n) is 18.5.